The number of carboxylic acid groups (broad SMARTS) is 1. The van der Waals surface area contributed by atoms with E-state index in [1.165, 1.54) is 0 Å². The van der Waals surface area contributed by atoms with Gasteiger partial charge in [-0.3, -0.25) is 4.79 Å². The van der Waals surface area contributed by atoms with E-state index in [9.17, 15) is 9.90 Å². The summed E-state index contributed by atoms with van der Waals surface area (Å²) in [5.41, 5.74) is 0.133. The minimum Gasteiger partial charge on any atom is -0.497 e. The van der Waals surface area contributed by atoms with Crippen LogP contribution < -0.4 is 4.74 Å². The minimum absolute atomic E-state index is 0.302. The normalized spacial score (nSPS) is 15.8. The highest BCUT2D eigenvalue weighted by molar-refractivity contribution is 5.77. The van der Waals surface area contributed by atoms with Gasteiger partial charge < -0.3 is 9.84 Å². The van der Waals surface area contributed by atoms with Crippen molar-refractivity contribution >= 4 is 5.97 Å². The van der Waals surface area contributed by atoms with E-state index in [1.54, 1.807) is 11.8 Å². The van der Waals surface area contributed by atoms with Crippen molar-refractivity contribution in [2.45, 2.75) is 19.4 Å². The zero-order valence-corrected chi connectivity index (χ0v) is 11.0. The quantitative estimate of drug-likeness (QED) is 0.881. The molecule has 0 atom stereocenters. The van der Waals surface area contributed by atoms with Crippen molar-refractivity contribution in [2.24, 2.45) is 5.41 Å². The number of hydrogen-bond donors (Lipinski definition) is 1. The summed E-state index contributed by atoms with van der Waals surface area (Å²) in [6, 6.07) is 7.33. The molecule has 1 aliphatic rings. The molecule has 7 nitrogen and oxygen atoms in total. The largest absolute Gasteiger partial charge is 0.497 e. The molecule has 1 N–H and O–H groups in total. The summed E-state index contributed by atoms with van der Waals surface area (Å²) in [7, 11) is 1.60. The highest BCUT2D eigenvalue weighted by Gasteiger charge is 2.51. The van der Waals surface area contributed by atoms with E-state index in [0.717, 1.165) is 11.3 Å². The summed E-state index contributed by atoms with van der Waals surface area (Å²) in [6.45, 7) is 0.302. The van der Waals surface area contributed by atoms with Gasteiger partial charge in [-0.2, -0.15) is 0 Å². The number of tetrazole rings is 1. The maximum absolute atomic E-state index is 11.2. The molecule has 0 radical (unpaired) electrons. The molecule has 1 aromatic carbocycles. The van der Waals surface area contributed by atoms with Crippen molar-refractivity contribution in [3.05, 3.63) is 24.3 Å². The van der Waals surface area contributed by atoms with Crippen LogP contribution in [0.1, 0.15) is 12.8 Å². The maximum atomic E-state index is 11.2. The molecule has 0 aliphatic heterocycles. The highest BCUT2D eigenvalue weighted by atomic mass is 16.5. The highest BCUT2D eigenvalue weighted by Crippen LogP contribution is 2.47. The Kier molecular flexibility index (Phi) is 2.89. The van der Waals surface area contributed by atoms with Crippen LogP contribution in [-0.4, -0.2) is 38.4 Å². The summed E-state index contributed by atoms with van der Waals surface area (Å²) in [4.78, 5) is 11.2. The molecule has 7 heteroatoms. The van der Waals surface area contributed by atoms with Gasteiger partial charge in [-0.25, -0.2) is 4.68 Å². The van der Waals surface area contributed by atoms with E-state index in [4.69, 9.17) is 4.74 Å². The third-order valence-electron chi connectivity index (χ3n) is 3.64. The van der Waals surface area contributed by atoms with Crippen molar-refractivity contribution in [3.63, 3.8) is 0 Å². The molecule has 0 unspecified atom stereocenters. The van der Waals surface area contributed by atoms with Crippen molar-refractivity contribution in [2.75, 3.05) is 7.11 Å². The topological polar surface area (TPSA) is 90.1 Å². The number of nitrogens with zero attached hydrogens (tertiary/aromatic N) is 4. The van der Waals surface area contributed by atoms with E-state index in [2.05, 4.69) is 15.5 Å². The summed E-state index contributed by atoms with van der Waals surface area (Å²) < 4.78 is 6.66. The third-order valence-corrected chi connectivity index (χ3v) is 3.64. The molecular weight excluding hydrogens is 260 g/mol. The number of methoxy groups -OCH3 is 1. The molecule has 1 heterocycles. The van der Waals surface area contributed by atoms with Gasteiger partial charge in [0, 0.05) is 5.56 Å². The van der Waals surface area contributed by atoms with Gasteiger partial charge in [-0.05, 0) is 47.5 Å². The second-order valence-electron chi connectivity index (χ2n) is 4.97. The van der Waals surface area contributed by atoms with Crippen LogP contribution >= 0.6 is 0 Å². The third kappa shape index (κ3) is 2.11. The molecule has 0 amide bonds. The molecule has 0 bridgehead atoms. The Balaban J connectivity index is 1.88. The van der Waals surface area contributed by atoms with Gasteiger partial charge in [-0.1, -0.05) is 0 Å². The zero-order valence-electron chi connectivity index (χ0n) is 11.0. The first-order valence-corrected chi connectivity index (χ1v) is 6.29. The number of ether oxygens (including phenoxy) is 1. The maximum Gasteiger partial charge on any atom is 0.311 e. The summed E-state index contributed by atoms with van der Waals surface area (Å²) in [5.74, 6) is 0.533. The van der Waals surface area contributed by atoms with Crippen molar-refractivity contribution in [3.8, 4) is 17.1 Å². The van der Waals surface area contributed by atoms with Crippen LogP contribution in [0.15, 0.2) is 24.3 Å². The monoisotopic (exact) mass is 274 g/mol. The molecule has 1 fully saturated rings. The van der Waals surface area contributed by atoms with Crippen LogP contribution in [0.2, 0.25) is 0 Å². The van der Waals surface area contributed by atoms with E-state index in [0.29, 0.717) is 25.2 Å². The molecule has 1 saturated carbocycles. The fourth-order valence-corrected chi connectivity index (χ4v) is 2.14. The van der Waals surface area contributed by atoms with Crippen LogP contribution in [0.4, 0.5) is 0 Å². The molecule has 0 spiro atoms. The summed E-state index contributed by atoms with van der Waals surface area (Å²) >= 11 is 0. The average molecular weight is 274 g/mol. The molecule has 1 aliphatic carbocycles. The first-order chi connectivity index (χ1) is 9.64. The Morgan fingerprint density at radius 2 is 2.10 bits per heavy atom. The average Bonchev–Trinajstić information content (AvgIpc) is 3.10. The van der Waals surface area contributed by atoms with Crippen molar-refractivity contribution < 1.29 is 14.6 Å². The number of hydrogen-bond acceptors (Lipinski definition) is 5. The van der Waals surface area contributed by atoms with Gasteiger partial charge in [0.1, 0.15) is 5.75 Å². The lowest BCUT2D eigenvalue weighted by Crippen LogP contribution is -2.22. The van der Waals surface area contributed by atoms with Gasteiger partial charge >= 0.3 is 5.97 Å². The van der Waals surface area contributed by atoms with E-state index >= 15 is 0 Å². The molecule has 1 aromatic heterocycles. The summed E-state index contributed by atoms with van der Waals surface area (Å²) in [5, 5.41) is 20.8. The molecule has 0 saturated heterocycles. The molecule has 104 valence electrons. The van der Waals surface area contributed by atoms with E-state index in [-0.39, 0.29) is 0 Å². The number of aliphatic carboxylic acids is 1. The van der Waals surface area contributed by atoms with Gasteiger partial charge in [-0.15, -0.1) is 5.10 Å². The zero-order chi connectivity index (χ0) is 14.2. The van der Waals surface area contributed by atoms with Gasteiger partial charge in [0.2, 0.25) is 0 Å². The SMILES string of the molecule is COc1ccc(-c2nnnn2CC2(C(=O)O)CC2)cc1. The Morgan fingerprint density at radius 1 is 1.40 bits per heavy atom. The van der Waals surface area contributed by atoms with Crippen LogP contribution in [0.25, 0.3) is 11.4 Å². The lowest BCUT2D eigenvalue weighted by atomic mass is 10.1. The molecule has 20 heavy (non-hydrogen) atoms. The Morgan fingerprint density at radius 3 is 2.65 bits per heavy atom. The Bertz CT molecular complexity index is 631. The van der Waals surface area contributed by atoms with Crippen molar-refractivity contribution in [1.29, 1.82) is 0 Å². The number of carbonyl (C=O) groups is 1. The second-order valence-corrected chi connectivity index (χ2v) is 4.97. The van der Waals surface area contributed by atoms with Crippen LogP contribution in [0.3, 0.4) is 0 Å². The lowest BCUT2D eigenvalue weighted by molar-refractivity contribution is -0.144. The Hall–Kier alpha value is -2.44. The number of carboxylic acids is 1. The Labute approximate surface area is 115 Å². The first-order valence-electron chi connectivity index (χ1n) is 6.29. The van der Waals surface area contributed by atoms with Gasteiger partial charge in [0.15, 0.2) is 5.82 Å². The van der Waals surface area contributed by atoms with Crippen LogP contribution in [0.5, 0.6) is 5.75 Å². The van der Waals surface area contributed by atoms with Gasteiger partial charge in [0.25, 0.3) is 0 Å². The molecular formula is C13H14N4O3. The molecule has 3 rings (SSSR count). The first kappa shape index (κ1) is 12.6. The van der Waals surface area contributed by atoms with Crippen LogP contribution in [0, 0.1) is 5.41 Å². The van der Waals surface area contributed by atoms with E-state index in [1.807, 2.05) is 24.3 Å². The standard InChI is InChI=1S/C13H14N4O3/c1-20-10-4-2-9(3-5-10)11-14-15-16-17(11)8-13(6-7-13)12(18)19/h2-5H,6-8H2,1H3,(H,18,19). The number of aromatic nitrogens is 4. The lowest BCUT2D eigenvalue weighted by Gasteiger charge is -2.10. The summed E-state index contributed by atoms with van der Waals surface area (Å²) in [6.07, 6.45) is 1.34. The fraction of sp³-hybridized carbons (Fsp3) is 0.385. The smallest absolute Gasteiger partial charge is 0.311 e. The van der Waals surface area contributed by atoms with E-state index < -0.39 is 11.4 Å². The predicted molar refractivity (Wildman–Crippen MR) is 69.1 cm³/mol. The van der Waals surface area contributed by atoms with Crippen LogP contribution in [-0.2, 0) is 11.3 Å². The van der Waals surface area contributed by atoms with Gasteiger partial charge in [0.05, 0.1) is 19.1 Å². The van der Waals surface area contributed by atoms with Crippen molar-refractivity contribution in [1.82, 2.24) is 20.2 Å². The second kappa shape index (κ2) is 4.59. The number of rotatable bonds is 5. The molecule has 2 aromatic rings. The minimum atomic E-state index is -0.784. The predicted octanol–water partition coefficient (Wildman–Crippen LogP) is 1.21. The number of benzene rings is 1. The fourth-order valence-electron chi connectivity index (χ4n) is 2.14.